The second-order valence-electron chi connectivity index (χ2n) is 6.79. The third kappa shape index (κ3) is 5.77. The predicted molar refractivity (Wildman–Crippen MR) is 88.3 cm³/mol. The molecular weight excluding hydrogens is 260 g/mol. The number of rotatable bonds is 6. The smallest absolute Gasteiger partial charge is 0.0678 e. The summed E-state index contributed by atoms with van der Waals surface area (Å²) in [5.74, 6) is 0.703. The molecule has 1 aromatic carbocycles. The van der Waals surface area contributed by atoms with E-state index in [1.165, 1.54) is 11.1 Å². The Balaban J connectivity index is 1.81. The number of ether oxygens (including phenoxy) is 1. The SMILES string of the molecule is CC(C)CNCc1ccc(CN2CC(C)OC(C)C2)cc1. The fourth-order valence-corrected chi connectivity index (χ4v) is 2.94. The summed E-state index contributed by atoms with van der Waals surface area (Å²) in [4.78, 5) is 2.49. The highest BCUT2D eigenvalue weighted by molar-refractivity contribution is 5.22. The molecule has 0 aromatic heterocycles. The molecule has 0 bridgehead atoms. The Morgan fingerprint density at radius 1 is 1.10 bits per heavy atom. The first-order valence-corrected chi connectivity index (χ1v) is 8.19. The van der Waals surface area contributed by atoms with Gasteiger partial charge in [-0.1, -0.05) is 38.1 Å². The van der Waals surface area contributed by atoms with Gasteiger partial charge in [0.2, 0.25) is 0 Å². The minimum absolute atomic E-state index is 0.341. The molecule has 118 valence electrons. The highest BCUT2D eigenvalue weighted by Crippen LogP contribution is 2.14. The van der Waals surface area contributed by atoms with Crippen LogP contribution in [0.5, 0.6) is 0 Å². The monoisotopic (exact) mass is 290 g/mol. The van der Waals surface area contributed by atoms with Gasteiger partial charge in [0, 0.05) is 26.2 Å². The van der Waals surface area contributed by atoms with Gasteiger partial charge in [0.1, 0.15) is 0 Å². The van der Waals surface area contributed by atoms with Gasteiger partial charge in [-0.3, -0.25) is 4.90 Å². The lowest BCUT2D eigenvalue weighted by atomic mass is 10.1. The maximum Gasteiger partial charge on any atom is 0.0678 e. The molecule has 1 aromatic rings. The molecule has 0 aliphatic carbocycles. The number of nitrogens with one attached hydrogen (secondary N) is 1. The Morgan fingerprint density at radius 2 is 1.67 bits per heavy atom. The molecule has 2 atom stereocenters. The summed E-state index contributed by atoms with van der Waals surface area (Å²) in [6.07, 6.45) is 0.682. The van der Waals surface area contributed by atoms with Crippen molar-refractivity contribution in [1.82, 2.24) is 10.2 Å². The Hall–Kier alpha value is -0.900. The number of benzene rings is 1. The lowest BCUT2D eigenvalue weighted by Crippen LogP contribution is -2.44. The Labute approximate surface area is 129 Å². The van der Waals surface area contributed by atoms with E-state index in [1.807, 2.05) is 0 Å². The molecule has 21 heavy (non-hydrogen) atoms. The molecule has 1 saturated heterocycles. The van der Waals surface area contributed by atoms with Crippen LogP contribution in [0.4, 0.5) is 0 Å². The first-order valence-electron chi connectivity index (χ1n) is 8.19. The summed E-state index contributed by atoms with van der Waals surface area (Å²) in [5.41, 5.74) is 2.76. The molecule has 2 unspecified atom stereocenters. The van der Waals surface area contributed by atoms with E-state index in [1.54, 1.807) is 0 Å². The van der Waals surface area contributed by atoms with Crippen molar-refractivity contribution < 1.29 is 4.74 Å². The predicted octanol–water partition coefficient (Wildman–Crippen LogP) is 3.04. The fraction of sp³-hybridized carbons (Fsp3) is 0.667. The Bertz CT molecular complexity index is 406. The Kier molecular flexibility index (Phi) is 6.22. The van der Waals surface area contributed by atoms with Crippen molar-refractivity contribution in [2.45, 2.75) is 53.0 Å². The van der Waals surface area contributed by atoms with Gasteiger partial charge < -0.3 is 10.1 Å². The molecule has 0 amide bonds. The van der Waals surface area contributed by atoms with Crippen molar-refractivity contribution in [3.05, 3.63) is 35.4 Å². The highest BCUT2D eigenvalue weighted by atomic mass is 16.5. The first-order chi connectivity index (χ1) is 10.0. The maximum absolute atomic E-state index is 5.79. The minimum atomic E-state index is 0.341. The number of hydrogen-bond acceptors (Lipinski definition) is 3. The van der Waals surface area contributed by atoms with Crippen molar-refractivity contribution in [3.8, 4) is 0 Å². The van der Waals surface area contributed by atoms with Gasteiger partial charge in [-0.2, -0.15) is 0 Å². The van der Waals surface area contributed by atoms with E-state index in [0.29, 0.717) is 18.1 Å². The summed E-state index contributed by atoms with van der Waals surface area (Å²) < 4.78 is 5.79. The van der Waals surface area contributed by atoms with Gasteiger partial charge in [-0.25, -0.2) is 0 Å². The summed E-state index contributed by atoms with van der Waals surface area (Å²) in [6, 6.07) is 9.01. The van der Waals surface area contributed by atoms with Gasteiger partial charge in [0.25, 0.3) is 0 Å². The van der Waals surface area contributed by atoms with Crippen LogP contribution in [-0.4, -0.2) is 36.7 Å². The zero-order chi connectivity index (χ0) is 15.2. The molecule has 1 aliphatic heterocycles. The summed E-state index contributed by atoms with van der Waals surface area (Å²) in [5, 5.41) is 3.49. The van der Waals surface area contributed by atoms with E-state index in [4.69, 9.17) is 4.74 Å². The quantitative estimate of drug-likeness (QED) is 0.871. The van der Waals surface area contributed by atoms with Gasteiger partial charge in [-0.05, 0) is 37.4 Å². The van der Waals surface area contributed by atoms with Crippen LogP contribution in [0.15, 0.2) is 24.3 Å². The van der Waals surface area contributed by atoms with Gasteiger partial charge >= 0.3 is 0 Å². The van der Waals surface area contributed by atoms with Crippen molar-refractivity contribution in [1.29, 1.82) is 0 Å². The van der Waals surface area contributed by atoms with Gasteiger partial charge in [0.05, 0.1) is 12.2 Å². The molecule has 1 heterocycles. The van der Waals surface area contributed by atoms with Crippen LogP contribution in [0, 0.1) is 5.92 Å². The zero-order valence-electron chi connectivity index (χ0n) is 13.9. The first kappa shape index (κ1) is 16.5. The van der Waals surface area contributed by atoms with Crippen LogP contribution < -0.4 is 5.32 Å². The van der Waals surface area contributed by atoms with E-state index < -0.39 is 0 Å². The summed E-state index contributed by atoms with van der Waals surface area (Å²) in [6.45, 7) is 13.9. The van der Waals surface area contributed by atoms with Gasteiger partial charge in [-0.15, -0.1) is 0 Å². The summed E-state index contributed by atoms with van der Waals surface area (Å²) in [7, 11) is 0. The van der Waals surface area contributed by atoms with E-state index in [2.05, 4.69) is 62.2 Å². The topological polar surface area (TPSA) is 24.5 Å². The van der Waals surface area contributed by atoms with Crippen LogP contribution in [-0.2, 0) is 17.8 Å². The number of morpholine rings is 1. The van der Waals surface area contributed by atoms with Crippen LogP contribution in [0.2, 0.25) is 0 Å². The van der Waals surface area contributed by atoms with E-state index >= 15 is 0 Å². The average molecular weight is 290 g/mol. The summed E-state index contributed by atoms with van der Waals surface area (Å²) >= 11 is 0. The lowest BCUT2D eigenvalue weighted by molar-refractivity contribution is -0.0704. The molecule has 0 radical (unpaired) electrons. The minimum Gasteiger partial charge on any atom is -0.373 e. The fourth-order valence-electron chi connectivity index (χ4n) is 2.94. The third-order valence-electron chi connectivity index (χ3n) is 3.81. The van der Waals surface area contributed by atoms with Gasteiger partial charge in [0.15, 0.2) is 0 Å². The molecule has 1 aliphatic rings. The number of hydrogen-bond donors (Lipinski definition) is 1. The Morgan fingerprint density at radius 3 is 2.24 bits per heavy atom. The molecule has 1 N–H and O–H groups in total. The van der Waals surface area contributed by atoms with E-state index in [-0.39, 0.29) is 0 Å². The molecule has 0 saturated carbocycles. The molecule has 1 fully saturated rings. The maximum atomic E-state index is 5.79. The van der Waals surface area contributed by atoms with Crippen LogP contribution in [0.1, 0.15) is 38.8 Å². The van der Waals surface area contributed by atoms with Crippen LogP contribution in [0.3, 0.4) is 0 Å². The second kappa shape index (κ2) is 7.92. The normalized spacial score (nSPS) is 23.7. The molecule has 0 spiro atoms. The highest BCUT2D eigenvalue weighted by Gasteiger charge is 2.21. The standard InChI is InChI=1S/C18H30N2O/c1-14(2)9-19-10-17-5-7-18(8-6-17)13-20-11-15(3)21-16(4)12-20/h5-8,14-16,19H,9-13H2,1-4H3. The number of nitrogens with zero attached hydrogens (tertiary/aromatic N) is 1. The largest absolute Gasteiger partial charge is 0.373 e. The van der Waals surface area contributed by atoms with Crippen molar-refractivity contribution in [3.63, 3.8) is 0 Å². The zero-order valence-corrected chi connectivity index (χ0v) is 13.9. The van der Waals surface area contributed by atoms with Crippen molar-refractivity contribution in [2.24, 2.45) is 5.92 Å². The van der Waals surface area contributed by atoms with E-state index in [9.17, 15) is 0 Å². The molecular formula is C18H30N2O. The second-order valence-corrected chi connectivity index (χ2v) is 6.79. The van der Waals surface area contributed by atoms with Crippen molar-refractivity contribution in [2.75, 3.05) is 19.6 Å². The lowest BCUT2D eigenvalue weighted by Gasteiger charge is -2.35. The van der Waals surface area contributed by atoms with Crippen LogP contribution in [0.25, 0.3) is 0 Å². The van der Waals surface area contributed by atoms with Crippen LogP contribution >= 0.6 is 0 Å². The molecule has 3 heteroatoms. The van der Waals surface area contributed by atoms with Crippen molar-refractivity contribution >= 4 is 0 Å². The molecule has 3 nitrogen and oxygen atoms in total. The van der Waals surface area contributed by atoms with E-state index in [0.717, 1.165) is 32.7 Å². The molecule has 2 rings (SSSR count). The third-order valence-corrected chi connectivity index (χ3v) is 3.81. The average Bonchev–Trinajstić information content (AvgIpc) is 2.39.